The van der Waals surface area contributed by atoms with Crippen LogP contribution in [0.15, 0.2) is 47.8 Å². The fourth-order valence-electron chi connectivity index (χ4n) is 1.49. The van der Waals surface area contributed by atoms with E-state index in [2.05, 4.69) is 15.5 Å². The number of methoxy groups -OCH3 is 1. The topological polar surface area (TPSA) is 120 Å². The third-order valence-corrected chi connectivity index (χ3v) is 2.50. The zero-order valence-corrected chi connectivity index (χ0v) is 12.4. The average Bonchev–Trinajstić information content (AvgIpc) is 2.49. The first-order valence-corrected chi connectivity index (χ1v) is 5.75. The predicted octanol–water partition coefficient (Wildman–Crippen LogP) is 0.885. The van der Waals surface area contributed by atoms with Crippen LogP contribution in [-0.4, -0.2) is 29.7 Å². The number of carbonyl (C=O) groups is 1. The summed E-state index contributed by atoms with van der Waals surface area (Å²) in [5.41, 5.74) is 4.19. The van der Waals surface area contributed by atoms with Crippen molar-refractivity contribution in [2.45, 2.75) is 0 Å². The van der Waals surface area contributed by atoms with Gasteiger partial charge in [0.1, 0.15) is 5.75 Å². The molecule has 2 aromatic rings. The Morgan fingerprint density at radius 1 is 1.32 bits per heavy atom. The van der Waals surface area contributed by atoms with Gasteiger partial charge in [0.15, 0.2) is 0 Å². The molecule has 0 spiro atoms. The molecular formula is C14H13CuN3O4. The normalized spacial score (nSPS) is 9.50. The molecule has 2 N–H and O–H groups in total. The van der Waals surface area contributed by atoms with E-state index >= 15 is 0 Å². The van der Waals surface area contributed by atoms with Crippen LogP contribution >= 0.6 is 0 Å². The summed E-state index contributed by atoms with van der Waals surface area (Å²) in [5.74, 6) is -0.585. The summed E-state index contributed by atoms with van der Waals surface area (Å²) in [4.78, 5) is 15.4. The van der Waals surface area contributed by atoms with Gasteiger partial charge in [0.2, 0.25) is 0 Å². The molecule has 119 valence electrons. The van der Waals surface area contributed by atoms with E-state index in [9.17, 15) is 9.90 Å². The molecule has 0 fully saturated rings. The van der Waals surface area contributed by atoms with Crippen molar-refractivity contribution in [3.63, 3.8) is 0 Å². The fraction of sp³-hybridized carbons (Fsp3) is 0.0714. The molecule has 8 heteroatoms. The van der Waals surface area contributed by atoms with Crippen LogP contribution in [0, 0.1) is 0 Å². The first-order valence-electron chi connectivity index (χ1n) is 5.75. The monoisotopic (exact) mass is 350 g/mol. The van der Waals surface area contributed by atoms with E-state index in [-0.39, 0.29) is 34.0 Å². The van der Waals surface area contributed by atoms with Gasteiger partial charge in [0.05, 0.1) is 13.0 Å². The molecular weight excluding hydrogens is 338 g/mol. The van der Waals surface area contributed by atoms with Gasteiger partial charge in [-0.3, -0.25) is 4.98 Å². The SMILES string of the molecule is COc1cccc(C=N[N-]C(=O)c2ccncc2)c1[O-].O.[Cu+2]. The van der Waals surface area contributed by atoms with Crippen molar-refractivity contribution in [3.8, 4) is 11.5 Å². The number of amides is 1. The second-order valence-corrected chi connectivity index (χ2v) is 3.76. The number of benzene rings is 1. The van der Waals surface area contributed by atoms with Crippen LogP contribution in [0.4, 0.5) is 0 Å². The van der Waals surface area contributed by atoms with Crippen LogP contribution in [-0.2, 0) is 17.1 Å². The standard InChI is InChI=1S/C14H13N3O3.Cu.H2O/c1-20-12-4-2-3-11(13(12)18)9-16-17-14(19)10-5-7-15-8-6-10;;/h2-9H,1H3,(H2,15,16,17,18,19);;1H2/q;+2;/p-2. The predicted molar refractivity (Wildman–Crippen MR) is 75.6 cm³/mol. The number of pyridine rings is 1. The molecule has 7 nitrogen and oxygen atoms in total. The molecule has 1 aromatic carbocycles. The van der Waals surface area contributed by atoms with Crippen LogP contribution in [0.1, 0.15) is 15.9 Å². The summed E-state index contributed by atoms with van der Waals surface area (Å²) in [6.45, 7) is 0. The van der Waals surface area contributed by atoms with Crippen molar-refractivity contribution in [1.82, 2.24) is 4.98 Å². The molecule has 0 aliphatic carbocycles. The summed E-state index contributed by atoms with van der Waals surface area (Å²) in [5, 5.41) is 15.4. The minimum absolute atomic E-state index is 0. The molecule has 0 saturated heterocycles. The van der Waals surface area contributed by atoms with Crippen molar-refractivity contribution in [1.29, 1.82) is 0 Å². The molecule has 1 amide bonds. The van der Waals surface area contributed by atoms with E-state index in [0.717, 1.165) is 0 Å². The maximum atomic E-state index is 11.8. The number of nitrogens with zero attached hydrogens (tertiary/aromatic N) is 3. The Kier molecular flexibility index (Phi) is 8.47. The van der Waals surface area contributed by atoms with E-state index < -0.39 is 5.91 Å². The molecule has 0 unspecified atom stereocenters. The molecule has 1 aromatic heterocycles. The van der Waals surface area contributed by atoms with E-state index in [1.807, 2.05) is 0 Å². The van der Waals surface area contributed by atoms with Crippen molar-refractivity contribution in [2.75, 3.05) is 7.11 Å². The molecule has 0 aliphatic heterocycles. The third kappa shape index (κ3) is 4.85. The minimum Gasteiger partial charge on any atom is -0.870 e. The van der Waals surface area contributed by atoms with Gasteiger partial charge in [-0.2, -0.15) is 0 Å². The summed E-state index contributed by atoms with van der Waals surface area (Å²) >= 11 is 0. The van der Waals surface area contributed by atoms with E-state index in [4.69, 9.17) is 4.74 Å². The number of hydrogen-bond acceptors (Lipinski definition) is 5. The largest absolute Gasteiger partial charge is 2.00 e. The Morgan fingerprint density at radius 2 is 2.00 bits per heavy atom. The zero-order chi connectivity index (χ0) is 14.4. The van der Waals surface area contributed by atoms with Crippen LogP contribution < -0.4 is 9.84 Å². The van der Waals surface area contributed by atoms with Gasteiger partial charge >= 0.3 is 17.1 Å². The minimum atomic E-state index is -0.501. The molecule has 1 heterocycles. The van der Waals surface area contributed by atoms with Gasteiger partial charge in [-0.15, -0.1) is 0 Å². The van der Waals surface area contributed by atoms with Crippen molar-refractivity contribution in [2.24, 2.45) is 5.10 Å². The number of para-hydroxylation sites is 1. The first-order chi connectivity index (χ1) is 9.72. The number of ether oxygens (including phenoxy) is 1. The molecule has 1 radical (unpaired) electrons. The Hall–Kier alpha value is -2.41. The van der Waals surface area contributed by atoms with E-state index in [1.165, 1.54) is 37.9 Å². The van der Waals surface area contributed by atoms with Crippen LogP contribution in [0.25, 0.3) is 5.43 Å². The van der Waals surface area contributed by atoms with Crippen LogP contribution in [0.2, 0.25) is 0 Å². The maximum Gasteiger partial charge on any atom is 2.00 e. The Balaban J connectivity index is 0.00000220. The van der Waals surface area contributed by atoms with Crippen LogP contribution in [0.5, 0.6) is 11.5 Å². The number of carbonyl (C=O) groups excluding carboxylic acids is 1. The quantitative estimate of drug-likeness (QED) is 0.461. The van der Waals surface area contributed by atoms with Gasteiger partial charge in [0, 0.05) is 24.2 Å². The molecule has 2 rings (SSSR count). The van der Waals surface area contributed by atoms with Crippen LogP contribution in [0.3, 0.4) is 0 Å². The van der Waals surface area contributed by atoms with Gasteiger partial charge in [0.25, 0.3) is 0 Å². The first kappa shape index (κ1) is 19.6. The van der Waals surface area contributed by atoms with E-state index in [1.54, 1.807) is 18.2 Å². The number of hydrogen-bond donors (Lipinski definition) is 0. The van der Waals surface area contributed by atoms with Crippen molar-refractivity contribution in [3.05, 3.63) is 59.3 Å². The molecule has 22 heavy (non-hydrogen) atoms. The summed E-state index contributed by atoms with van der Waals surface area (Å²) in [7, 11) is 1.41. The molecule has 0 atom stereocenters. The second-order valence-electron chi connectivity index (χ2n) is 3.76. The van der Waals surface area contributed by atoms with E-state index in [0.29, 0.717) is 11.1 Å². The Labute approximate surface area is 137 Å². The molecule has 0 saturated carbocycles. The summed E-state index contributed by atoms with van der Waals surface area (Å²) in [6.07, 6.45) is 4.21. The Morgan fingerprint density at radius 3 is 2.64 bits per heavy atom. The summed E-state index contributed by atoms with van der Waals surface area (Å²) < 4.78 is 4.90. The number of rotatable bonds is 4. The third-order valence-electron chi connectivity index (χ3n) is 2.50. The van der Waals surface area contributed by atoms with Crippen molar-refractivity contribution >= 4 is 12.1 Å². The van der Waals surface area contributed by atoms with Crippen molar-refractivity contribution < 1.29 is 37.2 Å². The Bertz CT molecular complexity index is 635. The number of aromatic nitrogens is 1. The summed E-state index contributed by atoms with van der Waals surface area (Å²) in [6, 6.07) is 7.85. The average molecular weight is 351 g/mol. The maximum absolute atomic E-state index is 11.8. The van der Waals surface area contributed by atoms with Gasteiger partial charge < -0.3 is 30.6 Å². The second kappa shape index (κ2) is 9.51. The van der Waals surface area contributed by atoms with Gasteiger partial charge in [-0.1, -0.05) is 17.9 Å². The fourth-order valence-corrected chi connectivity index (χ4v) is 1.49. The zero-order valence-electron chi connectivity index (χ0n) is 11.5. The van der Waals surface area contributed by atoms with Gasteiger partial charge in [-0.05, 0) is 23.8 Å². The molecule has 0 bridgehead atoms. The molecule has 0 aliphatic rings. The smallest absolute Gasteiger partial charge is 0.870 e. The van der Waals surface area contributed by atoms with Gasteiger partial charge in [-0.25, -0.2) is 0 Å².